The van der Waals surface area contributed by atoms with Crippen molar-refractivity contribution in [2.75, 3.05) is 18.1 Å². The molecule has 3 aromatic heterocycles. The molecule has 0 amide bonds. The zero-order chi connectivity index (χ0) is 15.6. The van der Waals surface area contributed by atoms with Crippen LogP contribution in [0.1, 0.15) is 5.82 Å². The third kappa shape index (κ3) is 2.87. The van der Waals surface area contributed by atoms with Gasteiger partial charge in [0.05, 0.1) is 11.0 Å². The monoisotopic (exact) mass is 342 g/mol. The van der Waals surface area contributed by atoms with Gasteiger partial charge in [-0.3, -0.25) is 0 Å². The number of para-hydroxylation sites is 2. The third-order valence-corrected chi connectivity index (χ3v) is 5.48. The molecule has 8 heteroatoms. The Labute approximate surface area is 140 Å². The Morgan fingerprint density at radius 2 is 2.13 bits per heavy atom. The highest BCUT2D eigenvalue weighted by atomic mass is 32.2. The summed E-state index contributed by atoms with van der Waals surface area (Å²) in [4.78, 5) is 20.9. The highest BCUT2D eigenvalue weighted by molar-refractivity contribution is 8.00. The number of H-pyrrole nitrogens is 1. The maximum Gasteiger partial charge on any atom is 0.176 e. The van der Waals surface area contributed by atoms with E-state index in [0.717, 1.165) is 50.3 Å². The van der Waals surface area contributed by atoms with Crippen LogP contribution in [0.5, 0.6) is 0 Å². The number of nitrogens with one attached hydrogen (secondary N) is 2. The lowest BCUT2D eigenvalue weighted by Gasteiger charge is -2.04. The van der Waals surface area contributed by atoms with Gasteiger partial charge in [-0.15, -0.1) is 11.3 Å². The standard InChI is InChI=1S/C15H14N6S2/c1-22-15-21-14-12(23-15)13(17-8-18-14)16-7-6-11-19-9-4-2-3-5-10(9)20-11/h2-5,8H,6-7H2,1H3,(H,19,20)(H,16,17,18). The number of hydrogen-bond acceptors (Lipinski definition) is 7. The van der Waals surface area contributed by atoms with E-state index in [1.54, 1.807) is 29.4 Å². The van der Waals surface area contributed by atoms with E-state index in [1.807, 2.05) is 30.5 Å². The lowest BCUT2D eigenvalue weighted by atomic mass is 10.3. The van der Waals surface area contributed by atoms with Crippen molar-refractivity contribution in [1.29, 1.82) is 0 Å². The fourth-order valence-electron chi connectivity index (χ4n) is 2.37. The van der Waals surface area contributed by atoms with Crippen molar-refractivity contribution in [1.82, 2.24) is 24.9 Å². The van der Waals surface area contributed by atoms with Crippen LogP contribution in [0.15, 0.2) is 34.9 Å². The molecular weight excluding hydrogens is 328 g/mol. The largest absolute Gasteiger partial charge is 0.368 e. The third-order valence-electron chi connectivity index (χ3n) is 3.44. The number of anilines is 1. The summed E-state index contributed by atoms with van der Waals surface area (Å²) in [6, 6.07) is 8.05. The summed E-state index contributed by atoms with van der Waals surface area (Å²) in [7, 11) is 0. The highest BCUT2D eigenvalue weighted by Gasteiger charge is 2.10. The van der Waals surface area contributed by atoms with E-state index in [4.69, 9.17) is 0 Å². The van der Waals surface area contributed by atoms with Gasteiger partial charge in [-0.25, -0.2) is 19.9 Å². The Kier molecular flexibility index (Phi) is 3.84. The first-order valence-corrected chi connectivity index (χ1v) is 9.20. The van der Waals surface area contributed by atoms with Crippen molar-refractivity contribution in [2.24, 2.45) is 0 Å². The molecule has 0 bridgehead atoms. The zero-order valence-corrected chi connectivity index (χ0v) is 14.0. The van der Waals surface area contributed by atoms with E-state index in [2.05, 4.69) is 30.2 Å². The minimum Gasteiger partial charge on any atom is -0.368 e. The summed E-state index contributed by atoms with van der Waals surface area (Å²) in [6.07, 6.45) is 4.36. The fraction of sp³-hybridized carbons (Fsp3) is 0.200. The predicted octanol–water partition coefficient (Wildman–Crippen LogP) is 3.34. The van der Waals surface area contributed by atoms with Crippen LogP contribution < -0.4 is 5.32 Å². The van der Waals surface area contributed by atoms with E-state index in [9.17, 15) is 0 Å². The second-order valence-electron chi connectivity index (χ2n) is 4.94. The molecule has 0 spiro atoms. The Balaban J connectivity index is 1.49. The normalized spacial score (nSPS) is 11.3. The molecule has 2 N–H and O–H groups in total. The van der Waals surface area contributed by atoms with Crippen molar-refractivity contribution in [3.05, 3.63) is 36.4 Å². The number of rotatable bonds is 5. The molecule has 6 nitrogen and oxygen atoms in total. The van der Waals surface area contributed by atoms with Crippen LogP contribution in [0.4, 0.5) is 5.82 Å². The first-order chi connectivity index (χ1) is 11.3. The SMILES string of the molecule is CSc1nc2ncnc(NCCc3nc4ccccc4[nH]3)c2s1. The molecule has 0 aliphatic rings. The Morgan fingerprint density at radius 1 is 1.22 bits per heavy atom. The molecule has 3 heterocycles. The van der Waals surface area contributed by atoms with Gasteiger partial charge in [0.2, 0.25) is 0 Å². The number of thioether (sulfide) groups is 1. The minimum absolute atomic E-state index is 0.748. The molecular formula is C15H14N6S2. The number of thiazole rings is 1. The molecule has 0 saturated carbocycles. The quantitative estimate of drug-likeness (QED) is 0.542. The Hall–Kier alpha value is -2.19. The van der Waals surface area contributed by atoms with Gasteiger partial charge in [0.15, 0.2) is 9.99 Å². The molecule has 0 aliphatic heterocycles. The zero-order valence-electron chi connectivity index (χ0n) is 12.4. The molecule has 1 aromatic carbocycles. The van der Waals surface area contributed by atoms with Crippen LogP contribution in [-0.2, 0) is 6.42 Å². The van der Waals surface area contributed by atoms with E-state index in [-0.39, 0.29) is 0 Å². The summed E-state index contributed by atoms with van der Waals surface area (Å²) in [5.41, 5.74) is 2.82. The minimum atomic E-state index is 0.748. The molecule has 4 aromatic rings. The van der Waals surface area contributed by atoms with Crippen molar-refractivity contribution in [3.8, 4) is 0 Å². The van der Waals surface area contributed by atoms with Crippen LogP contribution in [-0.4, -0.2) is 37.7 Å². The Bertz CT molecular complexity index is 928. The number of nitrogens with zero attached hydrogens (tertiary/aromatic N) is 4. The average Bonchev–Trinajstić information content (AvgIpc) is 3.18. The summed E-state index contributed by atoms with van der Waals surface area (Å²) in [5.74, 6) is 1.81. The Morgan fingerprint density at radius 3 is 3.00 bits per heavy atom. The first kappa shape index (κ1) is 14.4. The summed E-state index contributed by atoms with van der Waals surface area (Å²) in [5, 5.41) is 3.37. The van der Waals surface area contributed by atoms with Gasteiger partial charge in [0.25, 0.3) is 0 Å². The summed E-state index contributed by atoms with van der Waals surface area (Å²) >= 11 is 3.24. The van der Waals surface area contributed by atoms with Crippen molar-refractivity contribution in [3.63, 3.8) is 0 Å². The molecule has 116 valence electrons. The molecule has 4 rings (SSSR count). The molecule has 0 saturated heterocycles. The van der Waals surface area contributed by atoms with Gasteiger partial charge in [0.1, 0.15) is 22.7 Å². The number of hydrogen-bond donors (Lipinski definition) is 2. The van der Waals surface area contributed by atoms with Crippen LogP contribution in [0, 0.1) is 0 Å². The maximum absolute atomic E-state index is 4.58. The number of benzene rings is 1. The lowest BCUT2D eigenvalue weighted by Crippen LogP contribution is -2.07. The maximum atomic E-state index is 4.58. The smallest absolute Gasteiger partial charge is 0.176 e. The van der Waals surface area contributed by atoms with Gasteiger partial charge in [0, 0.05) is 13.0 Å². The molecule has 0 atom stereocenters. The first-order valence-electron chi connectivity index (χ1n) is 7.16. The predicted molar refractivity (Wildman–Crippen MR) is 95.3 cm³/mol. The average molecular weight is 342 g/mol. The van der Waals surface area contributed by atoms with Gasteiger partial charge >= 0.3 is 0 Å². The van der Waals surface area contributed by atoms with E-state index >= 15 is 0 Å². The van der Waals surface area contributed by atoms with Crippen LogP contribution in [0.3, 0.4) is 0 Å². The number of aromatic nitrogens is 5. The summed E-state index contributed by atoms with van der Waals surface area (Å²) in [6.45, 7) is 0.748. The van der Waals surface area contributed by atoms with Gasteiger partial charge in [-0.05, 0) is 18.4 Å². The van der Waals surface area contributed by atoms with Crippen LogP contribution in [0.25, 0.3) is 21.4 Å². The number of aromatic amines is 1. The van der Waals surface area contributed by atoms with Gasteiger partial charge in [-0.1, -0.05) is 23.9 Å². The van der Waals surface area contributed by atoms with Gasteiger partial charge < -0.3 is 10.3 Å². The topological polar surface area (TPSA) is 79.4 Å². The van der Waals surface area contributed by atoms with Crippen molar-refractivity contribution < 1.29 is 0 Å². The van der Waals surface area contributed by atoms with Crippen molar-refractivity contribution in [2.45, 2.75) is 10.8 Å². The molecule has 0 aliphatic carbocycles. The second kappa shape index (κ2) is 6.13. The molecule has 0 radical (unpaired) electrons. The van der Waals surface area contributed by atoms with E-state index < -0.39 is 0 Å². The van der Waals surface area contributed by atoms with Crippen LogP contribution >= 0.6 is 23.1 Å². The number of fused-ring (bicyclic) bond motifs is 2. The van der Waals surface area contributed by atoms with E-state index in [0.29, 0.717) is 0 Å². The second-order valence-corrected chi connectivity index (χ2v) is 6.99. The van der Waals surface area contributed by atoms with Crippen molar-refractivity contribution >= 4 is 50.3 Å². The fourth-order valence-corrected chi connectivity index (χ4v) is 3.85. The summed E-state index contributed by atoms with van der Waals surface area (Å²) < 4.78 is 2.00. The van der Waals surface area contributed by atoms with E-state index in [1.165, 1.54) is 0 Å². The highest BCUT2D eigenvalue weighted by Crippen LogP contribution is 2.30. The molecule has 0 fully saturated rings. The molecule has 0 unspecified atom stereocenters. The van der Waals surface area contributed by atoms with Crippen LogP contribution in [0.2, 0.25) is 0 Å². The van der Waals surface area contributed by atoms with Gasteiger partial charge in [-0.2, -0.15) is 0 Å². The lowest BCUT2D eigenvalue weighted by molar-refractivity contribution is 0.929. The molecule has 23 heavy (non-hydrogen) atoms. The number of imidazole rings is 1.